The van der Waals surface area contributed by atoms with Gasteiger partial charge in [0, 0.05) is 40.1 Å². The number of para-hydroxylation sites is 1. The van der Waals surface area contributed by atoms with E-state index in [0.717, 1.165) is 44.6 Å². The molecule has 3 aromatic carbocycles. The SMILES string of the molecule is Cc1cc(-c2cccc3cc[nH]c23)c(C#Cc2ccccc2)c2c1NC(C)(C)[C@H](O)[C@H]2C. The van der Waals surface area contributed by atoms with Gasteiger partial charge in [0.15, 0.2) is 0 Å². The quantitative estimate of drug-likeness (QED) is 0.321. The van der Waals surface area contributed by atoms with Crippen LogP contribution in [0.5, 0.6) is 0 Å². The summed E-state index contributed by atoms with van der Waals surface area (Å²) in [7, 11) is 0. The largest absolute Gasteiger partial charge is 0.390 e. The Morgan fingerprint density at radius 3 is 2.50 bits per heavy atom. The molecule has 1 aliphatic heterocycles. The summed E-state index contributed by atoms with van der Waals surface area (Å²) in [6.45, 7) is 8.36. The fourth-order valence-corrected chi connectivity index (χ4v) is 4.96. The lowest BCUT2D eigenvalue weighted by atomic mass is 9.75. The maximum atomic E-state index is 11.1. The monoisotopic (exact) mass is 420 g/mol. The number of anilines is 1. The fourth-order valence-electron chi connectivity index (χ4n) is 4.96. The topological polar surface area (TPSA) is 48.0 Å². The van der Waals surface area contributed by atoms with E-state index in [1.165, 1.54) is 5.39 Å². The molecule has 1 aromatic heterocycles. The zero-order chi connectivity index (χ0) is 22.5. The van der Waals surface area contributed by atoms with Crippen LogP contribution in [0, 0.1) is 18.8 Å². The van der Waals surface area contributed by atoms with E-state index in [1.54, 1.807) is 0 Å². The first-order valence-corrected chi connectivity index (χ1v) is 11.1. The van der Waals surface area contributed by atoms with Gasteiger partial charge in [0.1, 0.15) is 0 Å². The van der Waals surface area contributed by atoms with Gasteiger partial charge in [0.25, 0.3) is 0 Å². The molecule has 3 N–H and O–H groups in total. The van der Waals surface area contributed by atoms with E-state index < -0.39 is 11.6 Å². The molecule has 0 unspecified atom stereocenters. The number of hydrogen-bond donors (Lipinski definition) is 3. The number of H-pyrrole nitrogens is 1. The van der Waals surface area contributed by atoms with Gasteiger partial charge in [0.05, 0.1) is 17.2 Å². The normalized spacial score (nSPS) is 19.0. The summed E-state index contributed by atoms with van der Waals surface area (Å²) in [5.41, 5.74) is 8.21. The Labute approximate surface area is 189 Å². The standard InChI is InChI=1S/C29H28N2O/c1-18-17-24(23-12-8-11-21-15-16-30-27(21)23)22(14-13-20-9-6-5-7-10-20)25-19(2)28(32)29(3,4)31-26(18)25/h5-12,15-17,19,28,30-32H,1-4H3/t19-,28+/m0/s1. The molecule has 0 saturated heterocycles. The summed E-state index contributed by atoms with van der Waals surface area (Å²) >= 11 is 0. The Bertz CT molecular complexity index is 1370. The summed E-state index contributed by atoms with van der Waals surface area (Å²) in [6, 6.07) is 20.7. The predicted octanol–water partition coefficient (Wildman–Crippen LogP) is 6.21. The van der Waals surface area contributed by atoms with Crippen LogP contribution in [0.3, 0.4) is 0 Å². The lowest BCUT2D eigenvalue weighted by molar-refractivity contribution is 0.0868. The van der Waals surface area contributed by atoms with Gasteiger partial charge in [-0.25, -0.2) is 0 Å². The van der Waals surface area contributed by atoms with E-state index in [4.69, 9.17) is 0 Å². The van der Waals surface area contributed by atoms with Crippen molar-refractivity contribution in [3.63, 3.8) is 0 Å². The second-order valence-corrected chi connectivity index (χ2v) is 9.35. The van der Waals surface area contributed by atoms with E-state index in [0.29, 0.717) is 0 Å². The first kappa shape index (κ1) is 20.4. The molecule has 2 atom stereocenters. The zero-order valence-electron chi connectivity index (χ0n) is 19.0. The van der Waals surface area contributed by atoms with Crippen molar-refractivity contribution < 1.29 is 5.11 Å². The molecular weight excluding hydrogens is 392 g/mol. The van der Waals surface area contributed by atoms with E-state index in [-0.39, 0.29) is 5.92 Å². The number of hydrogen-bond acceptors (Lipinski definition) is 2. The van der Waals surface area contributed by atoms with Gasteiger partial charge in [-0.3, -0.25) is 0 Å². The van der Waals surface area contributed by atoms with Crippen LogP contribution in [0.25, 0.3) is 22.0 Å². The van der Waals surface area contributed by atoms with E-state index in [9.17, 15) is 5.11 Å². The Kier molecular flexibility index (Phi) is 4.84. The molecule has 0 amide bonds. The van der Waals surface area contributed by atoms with Crippen molar-refractivity contribution in [3.8, 4) is 23.0 Å². The molecule has 160 valence electrons. The van der Waals surface area contributed by atoms with Gasteiger partial charge >= 0.3 is 0 Å². The molecule has 0 spiro atoms. The van der Waals surface area contributed by atoms with E-state index in [2.05, 4.69) is 80.2 Å². The highest BCUT2D eigenvalue weighted by Gasteiger charge is 2.40. The molecule has 3 nitrogen and oxygen atoms in total. The molecule has 3 heteroatoms. The number of rotatable bonds is 1. The van der Waals surface area contributed by atoms with Crippen LogP contribution < -0.4 is 5.32 Å². The average molecular weight is 421 g/mol. The van der Waals surface area contributed by atoms with Crippen molar-refractivity contribution in [2.45, 2.75) is 45.3 Å². The van der Waals surface area contributed by atoms with Gasteiger partial charge in [-0.15, -0.1) is 0 Å². The molecular formula is C29H28N2O. The van der Waals surface area contributed by atoms with Crippen LogP contribution in [0.4, 0.5) is 5.69 Å². The van der Waals surface area contributed by atoms with Crippen LogP contribution in [0.2, 0.25) is 0 Å². The molecule has 0 radical (unpaired) electrons. The second kappa shape index (κ2) is 7.58. The van der Waals surface area contributed by atoms with Crippen molar-refractivity contribution in [2.75, 3.05) is 5.32 Å². The maximum Gasteiger partial charge on any atom is 0.0831 e. The second-order valence-electron chi connectivity index (χ2n) is 9.35. The summed E-state index contributed by atoms with van der Waals surface area (Å²) in [4.78, 5) is 3.41. The highest BCUT2D eigenvalue weighted by molar-refractivity contribution is 5.97. The number of aliphatic hydroxyl groups is 1. The highest BCUT2D eigenvalue weighted by atomic mass is 16.3. The van der Waals surface area contributed by atoms with Crippen molar-refractivity contribution >= 4 is 16.6 Å². The summed E-state index contributed by atoms with van der Waals surface area (Å²) in [5.74, 6) is 6.82. The average Bonchev–Trinajstić information content (AvgIpc) is 3.27. The molecule has 32 heavy (non-hydrogen) atoms. The number of aliphatic hydroxyl groups excluding tert-OH is 1. The zero-order valence-corrected chi connectivity index (χ0v) is 19.0. The number of aromatic amines is 1. The lowest BCUT2D eigenvalue weighted by Gasteiger charge is -2.43. The number of fused-ring (bicyclic) bond motifs is 2. The Balaban J connectivity index is 1.83. The van der Waals surface area contributed by atoms with Gasteiger partial charge in [-0.05, 0) is 61.5 Å². The molecule has 4 aromatic rings. The number of aryl methyl sites for hydroxylation is 1. The molecule has 0 aliphatic carbocycles. The first-order valence-electron chi connectivity index (χ1n) is 11.1. The third kappa shape index (κ3) is 3.28. The smallest absolute Gasteiger partial charge is 0.0831 e. The Morgan fingerprint density at radius 1 is 0.938 bits per heavy atom. The van der Waals surface area contributed by atoms with Gasteiger partial charge in [-0.1, -0.05) is 55.2 Å². The van der Waals surface area contributed by atoms with Gasteiger partial charge in [-0.2, -0.15) is 0 Å². The Hall–Kier alpha value is -3.48. The van der Waals surface area contributed by atoms with Crippen LogP contribution in [-0.4, -0.2) is 21.7 Å². The summed E-state index contributed by atoms with van der Waals surface area (Å²) in [6.07, 6.45) is 1.45. The fraction of sp³-hybridized carbons (Fsp3) is 0.241. The van der Waals surface area contributed by atoms with Crippen molar-refractivity contribution in [1.82, 2.24) is 4.98 Å². The lowest BCUT2D eigenvalue weighted by Crippen LogP contribution is -2.50. The number of nitrogens with one attached hydrogen (secondary N) is 2. The predicted molar refractivity (Wildman–Crippen MR) is 133 cm³/mol. The summed E-state index contributed by atoms with van der Waals surface area (Å²) < 4.78 is 0. The minimum atomic E-state index is -0.525. The third-order valence-electron chi connectivity index (χ3n) is 6.66. The minimum absolute atomic E-state index is 0.0529. The van der Waals surface area contributed by atoms with Crippen molar-refractivity contribution in [2.24, 2.45) is 0 Å². The molecule has 0 saturated carbocycles. The van der Waals surface area contributed by atoms with Crippen molar-refractivity contribution in [1.29, 1.82) is 0 Å². The third-order valence-corrected chi connectivity index (χ3v) is 6.66. The minimum Gasteiger partial charge on any atom is -0.390 e. The van der Waals surface area contributed by atoms with Gasteiger partial charge in [0.2, 0.25) is 0 Å². The molecule has 2 heterocycles. The molecule has 0 bridgehead atoms. The van der Waals surface area contributed by atoms with Crippen LogP contribution in [0.15, 0.2) is 66.9 Å². The first-order chi connectivity index (χ1) is 15.4. The number of benzene rings is 3. The molecule has 0 fully saturated rings. The van der Waals surface area contributed by atoms with E-state index in [1.807, 2.05) is 36.5 Å². The highest BCUT2D eigenvalue weighted by Crippen LogP contribution is 2.46. The van der Waals surface area contributed by atoms with Crippen LogP contribution in [0.1, 0.15) is 48.9 Å². The molecule has 1 aliphatic rings. The van der Waals surface area contributed by atoms with Crippen LogP contribution >= 0.6 is 0 Å². The Morgan fingerprint density at radius 2 is 1.72 bits per heavy atom. The summed E-state index contributed by atoms with van der Waals surface area (Å²) in [5, 5.41) is 15.9. The maximum absolute atomic E-state index is 11.1. The molecule has 5 rings (SSSR count). The van der Waals surface area contributed by atoms with Gasteiger partial charge < -0.3 is 15.4 Å². The van der Waals surface area contributed by atoms with E-state index >= 15 is 0 Å². The van der Waals surface area contributed by atoms with Crippen LogP contribution in [-0.2, 0) is 0 Å². The van der Waals surface area contributed by atoms with Crippen molar-refractivity contribution in [3.05, 3.63) is 89.1 Å². The number of aromatic nitrogens is 1.